The first-order chi connectivity index (χ1) is 8.76. The van der Waals surface area contributed by atoms with E-state index >= 15 is 0 Å². The Hall–Kier alpha value is -0.810. The molecule has 2 amide bonds. The Kier molecular flexibility index (Phi) is 4.83. The molecule has 0 aromatic rings. The maximum absolute atomic E-state index is 12.4. The van der Waals surface area contributed by atoms with Crippen molar-refractivity contribution in [1.29, 1.82) is 0 Å². The third kappa shape index (κ3) is 2.95. The highest BCUT2D eigenvalue weighted by molar-refractivity contribution is 5.75. The first-order valence-electron chi connectivity index (χ1n) is 6.85. The molecule has 2 aliphatic heterocycles. The van der Waals surface area contributed by atoms with Gasteiger partial charge < -0.3 is 19.3 Å². The first-order valence-corrected chi connectivity index (χ1v) is 6.85. The van der Waals surface area contributed by atoms with Gasteiger partial charge in [-0.1, -0.05) is 12.8 Å². The molecule has 0 aromatic carbocycles. The topological polar surface area (TPSA) is 42.0 Å². The summed E-state index contributed by atoms with van der Waals surface area (Å²) >= 11 is 0. The average Bonchev–Trinajstić information content (AvgIpc) is 2.63. The first kappa shape index (κ1) is 13.6. The molecular formula is C13H24N2O3. The van der Waals surface area contributed by atoms with Crippen molar-refractivity contribution in [3.05, 3.63) is 0 Å². The maximum atomic E-state index is 12.4. The van der Waals surface area contributed by atoms with Crippen molar-refractivity contribution in [2.75, 3.05) is 40.4 Å². The van der Waals surface area contributed by atoms with Gasteiger partial charge in [-0.05, 0) is 12.8 Å². The molecule has 2 fully saturated rings. The second-order valence-electron chi connectivity index (χ2n) is 5.14. The highest BCUT2D eigenvalue weighted by Crippen LogP contribution is 2.19. The number of methoxy groups -OCH3 is 2. The Labute approximate surface area is 109 Å². The molecule has 5 nitrogen and oxygen atoms in total. The van der Waals surface area contributed by atoms with E-state index < -0.39 is 0 Å². The minimum atomic E-state index is 0.00549. The SMILES string of the molecule is COC1CN(C(=O)N2CCCCCC2)CC1OC. The number of carbonyl (C=O) groups is 1. The number of ether oxygens (including phenoxy) is 2. The zero-order valence-electron chi connectivity index (χ0n) is 11.4. The summed E-state index contributed by atoms with van der Waals surface area (Å²) < 4.78 is 10.7. The fourth-order valence-corrected chi connectivity index (χ4v) is 2.81. The van der Waals surface area contributed by atoms with Crippen LogP contribution in [0.4, 0.5) is 4.79 Å². The van der Waals surface area contributed by atoms with Crippen LogP contribution in [0.5, 0.6) is 0 Å². The quantitative estimate of drug-likeness (QED) is 0.748. The Bertz CT molecular complexity index is 265. The van der Waals surface area contributed by atoms with Gasteiger partial charge in [0.15, 0.2) is 0 Å². The summed E-state index contributed by atoms with van der Waals surface area (Å²) in [5.41, 5.74) is 0. The normalized spacial score (nSPS) is 29.4. The van der Waals surface area contributed by atoms with Crippen molar-refractivity contribution in [3.8, 4) is 0 Å². The van der Waals surface area contributed by atoms with Gasteiger partial charge in [0.05, 0.1) is 13.1 Å². The summed E-state index contributed by atoms with van der Waals surface area (Å²) in [5.74, 6) is 0. The van der Waals surface area contributed by atoms with Gasteiger partial charge in [0.25, 0.3) is 0 Å². The number of likely N-dealkylation sites (tertiary alicyclic amines) is 2. The van der Waals surface area contributed by atoms with Crippen LogP contribution in [-0.2, 0) is 9.47 Å². The molecule has 2 aliphatic rings. The molecule has 0 saturated carbocycles. The molecule has 0 N–H and O–H groups in total. The molecule has 2 heterocycles. The van der Waals surface area contributed by atoms with E-state index in [4.69, 9.17) is 9.47 Å². The summed E-state index contributed by atoms with van der Waals surface area (Å²) in [6.45, 7) is 3.07. The Morgan fingerprint density at radius 3 is 1.83 bits per heavy atom. The second-order valence-corrected chi connectivity index (χ2v) is 5.14. The Morgan fingerprint density at radius 2 is 1.39 bits per heavy atom. The van der Waals surface area contributed by atoms with Gasteiger partial charge in [0.2, 0.25) is 0 Å². The third-order valence-corrected chi connectivity index (χ3v) is 3.97. The number of hydrogen-bond acceptors (Lipinski definition) is 3. The lowest BCUT2D eigenvalue weighted by Gasteiger charge is -2.26. The fourth-order valence-electron chi connectivity index (χ4n) is 2.81. The molecule has 5 heteroatoms. The van der Waals surface area contributed by atoms with E-state index in [1.807, 2.05) is 9.80 Å². The smallest absolute Gasteiger partial charge is 0.320 e. The molecule has 2 atom stereocenters. The van der Waals surface area contributed by atoms with Crippen molar-refractivity contribution >= 4 is 6.03 Å². The van der Waals surface area contributed by atoms with Gasteiger partial charge >= 0.3 is 6.03 Å². The molecule has 0 radical (unpaired) electrons. The lowest BCUT2D eigenvalue weighted by molar-refractivity contribution is -0.00461. The molecule has 2 rings (SSSR count). The molecule has 104 valence electrons. The maximum Gasteiger partial charge on any atom is 0.320 e. The van der Waals surface area contributed by atoms with E-state index in [0.29, 0.717) is 13.1 Å². The standard InChI is InChI=1S/C13H24N2O3/c1-17-11-9-15(10-12(11)18-2)13(16)14-7-5-3-4-6-8-14/h11-12H,3-10H2,1-2H3. The van der Waals surface area contributed by atoms with Gasteiger partial charge in [-0.25, -0.2) is 4.79 Å². The van der Waals surface area contributed by atoms with E-state index in [0.717, 1.165) is 25.9 Å². The zero-order valence-corrected chi connectivity index (χ0v) is 11.4. The minimum absolute atomic E-state index is 0.00549. The van der Waals surface area contributed by atoms with E-state index in [1.165, 1.54) is 12.8 Å². The lowest BCUT2D eigenvalue weighted by atomic mass is 10.2. The molecule has 0 spiro atoms. The highest BCUT2D eigenvalue weighted by atomic mass is 16.5. The third-order valence-electron chi connectivity index (χ3n) is 3.97. The van der Waals surface area contributed by atoms with Crippen molar-refractivity contribution in [1.82, 2.24) is 9.80 Å². The molecular weight excluding hydrogens is 232 g/mol. The van der Waals surface area contributed by atoms with Gasteiger partial charge in [-0.2, -0.15) is 0 Å². The van der Waals surface area contributed by atoms with E-state index in [-0.39, 0.29) is 18.2 Å². The number of urea groups is 1. The molecule has 0 bridgehead atoms. The summed E-state index contributed by atoms with van der Waals surface area (Å²) in [7, 11) is 3.35. The zero-order chi connectivity index (χ0) is 13.0. The van der Waals surface area contributed by atoms with Crippen LogP contribution < -0.4 is 0 Å². The molecule has 0 aromatic heterocycles. The lowest BCUT2D eigenvalue weighted by Crippen LogP contribution is -2.43. The van der Waals surface area contributed by atoms with Crippen molar-refractivity contribution in [3.63, 3.8) is 0 Å². The minimum Gasteiger partial charge on any atom is -0.377 e. The largest absolute Gasteiger partial charge is 0.377 e. The monoisotopic (exact) mass is 256 g/mol. The summed E-state index contributed by atoms with van der Waals surface area (Å²) in [6.07, 6.45) is 4.75. The van der Waals surface area contributed by atoms with E-state index in [2.05, 4.69) is 0 Å². The average molecular weight is 256 g/mol. The Morgan fingerprint density at radius 1 is 0.889 bits per heavy atom. The van der Waals surface area contributed by atoms with Crippen molar-refractivity contribution in [2.45, 2.75) is 37.9 Å². The molecule has 2 saturated heterocycles. The van der Waals surface area contributed by atoms with Crippen LogP contribution in [0.2, 0.25) is 0 Å². The predicted octanol–water partition coefficient (Wildman–Crippen LogP) is 1.33. The number of rotatable bonds is 2. The fraction of sp³-hybridized carbons (Fsp3) is 0.923. The van der Waals surface area contributed by atoms with Crippen molar-refractivity contribution < 1.29 is 14.3 Å². The predicted molar refractivity (Wildman–Crippen MR) is 68.6 cm³/mol. The summed E-state index contributed by atoms with van der Waals surface area (Å²) in [5, 5.41) is 0. The van der Waals surface area contributed by atoms with Gasteiger partial charge in [-0.3, -0.25) is 0 Å². The number of nitrogens with zero attached hydrogens (tertiary/aromatic N) is 2. The molecule has 2 unspecified atom stereocenters. The molecule has 18 heavy (non-hydrogen) atoms. The van der Waals surface area contributed by atoms with Crippen LogP contribution in [0.15, 0.2) is 0 Å². The van der Waals surface area contributed by atoms with E-state index in [1.54, 1.807) is 14.2 Å². The summed E-state index contributed by atoms with van der Waals surface area (Å²) in [6, 6.07) is 0.151. The second kappa shape index (κ2) is 6.38. The number of hydrogen-bond donors (Lipinski definition) is 0. The van der Waals surface area contributed by atoms with Crippen molar-refractivity contribution in [2.24, 2.45) is 0 Å². The van der Waals surface area contributed by atoms with Crippen LogP contribution in [0.3, 0.4) is 0 Å². The van der Waals surface area contributed by atoms with Crippen LogP contribution >= 0.6 is 0 Å². The van der Waals surface area contributed by atoms with Crippen LogP contribution in [-0.4, -0.2) is 68.4 Å². The van der Waals surface area contributed by atoms with Gasteiger partial charge in [0.1, 0.15) is 12.2 Å². The highest BCUT2D eigenvalue weighted by Gasteiger charge is 2.37. The van der Waals surface area contributed by atoms with Crippen LogP contribution in [0.1, 0.15) is 25.7 Å². The summed E-state index contributed by atoms with van der Waals surface area (Å²) in [4.78, 5) is 16.3. The van der Waals surface area contributed by atoms with Crippen LogP contribution in [0.25, 0.3) is 0 Å². The van der Waals surface area contributed by atoms with Crippen LogP contribution in [0, 0.1) is 0 Å². The van der Waals surface area contributed by atoms with E-state index in [9.17, 15) is 4.79 Å². The number of carbonyl (C=O) groups excluding carboxylic acids is 1. The van der Waals surface area contributed by atoms with Gasteiger partial charge in [-0.15, -0.1) is 0 Å². The Balaban J connectivity index is 1.92. The molecule has 0 aliphatic carbocycles. The van der Waals surface area contributed by atoms with Gasteiger partial charge in [0, 0.05) is 27.3 Å². The number of amides is 2.